The predicted octanol–water partition coefficient (Wildman–Crippen LogP) is 2.32. The molecule has 0 bridgehead atoms. The van der Waals surface area contributed by atoms with Gasteiger partial charge in [-0.05, 0) is 17.7 Å². The third kappa shape index (κ3) is 3.57. The van der Waals surface area contributed by atoms with E-state index in [4.69, 9.17) is 11.6 Å². The normalized spacial score (nSPS) is 13.7. The lowest BCUT2D eigenvalue weighted by Crippen LogP contribution is -2.30. The summed E-state index contributed by atoms with van der Waals surface area (Å²) >= 11 is 7.41. The lowest BCUT2D eigenvalue weighted by Gasteiger charge is -2.12. The van der Waals surface area contributed by atoms with Crippen molar-refractivity contribution in [2.75, 3.05) is 0 Å². The van der Waals surface area contributed by atoms with Crippen molar-refractivity contribution in [3.63, 3.8) is 0 Å². The fourth-order valence-corrected chi connectivity index (χ4v) is 2.98. The zero-order valence-electron chi connectivity index (χ0n) is 13.0. The molecule has 1 heterocycles. The summed E-state index contributed by atoms with van der Waals surface area (Å²) in [5.41, 5.74) is 0.196. The molecule has 1 aromatic carbocycles. The van der Waals surface area contributed by atoms with Crippen molar-refractivity contribution in [3.8, 4) is 0 Å². The van der Waals surface area contributed by atoms with Crippen LogP contribution in [0.1, 0.15) is 26.3 Å². The smallest absolute Gasteiger partial charge is 0.268 e. The Morgan fingerprint density at radius 2 is 1.91 bits per heavy atom. The average molecular weight is 336 g/mol. The van der Waals surface area contributed by atoms with Gasteiger partial charge < -0.3 is 4.57 Å². The highest BCUT2D eigenvalue weighted by atomic mass is 35.5. The van der Waals surface area contributed by atoms with E-state index in [-0.39, 0.29) is 11.3 Å². The lowest BCUT2D eigenvalue weighted by molar-refractivity contribution is -0.120. The number of hydrogen-bond donors (Lipinski definition) is 0. The molecule has 0 atom stereocenters. The third-order valence-corrected chi connectivity index (χ3v) is 4.70. The lowest BCUT2D eigenvalue weighted by atomic mass is 9.91. The van der Waals surface area contributed by atoms with Gasteiger partial charge in [0.05, 0.1) is 4.53 Å². The van der Waals surface area contributed by atoms with E-state index in [1.807, 2.05) is 39.0 Å². The maximum absolute atomic E-state index is 12.3. The van der Waals surface area contributed by atoms with Crippen LogP contribution < -0.4 is 14.8 Å². The molecule has 0 saturated carbocycles. The molecule has 5 heteroatoms. The third-order valence-electron chi connectivity index (χ3n) is 3.25. The van der Waals surface area contributed by atoms with E-state index in [2.05, 4.69) is 0 Å². The van der Waals surface area contributed by atoms with Crippen molar-refractivity contribution in [1.29, 1.82) is 0 Å². The number of Topliss-reactive ketones (excluding diaryl/α,β-unsaturated/α-hetero) is 1. The van der Waals surface area contributed by atoms with Gasteiger partial charge in [-0.1, -0.05) is 50.6 Å². The number of carbonyl (C=O) groups excluding carboxylic acids is 1. The van der Waals surface area contributed by atoms with Crippen LogP contribution in [0.2, 0.25) is 5.02 Å². The molecule has 0 aliphatic rings. The second-order valence-electron chi connectivity index (χ2n) is 6.09. The molecular formula is C17H18ClNO2S. The summed E-state index contributed by atoms with van der Waals surface area (Å²) in [5, 5.41) is 0.592. The molecule has 116 valence electrons. The van der Waals surface area contributed by atoms with Crippen LogP contribution in [0.15, 0.2) is 29.1 Å². The van der Waals surface area contributed by atoms with E-state index in [0.717, 1.165) is 5.56 Å². The van der Waals surface area contributed by atoms with E-state index in [0.29, 0.717) is 14.2 Å². The summed E-state index contributed by atoms with van der Waals surface area (Å²) in [5.74, 6) is -0.00589. The molecule has 0 spiro atoms. The van der Waals surface area contributed by atoms with Crippen molar-refractivity contribution in [2.45, 2.75) is 20.8 Å². The van der Waals surface area contributed by atoms with Gasteiger partial charge in [0, 0.05) is 23.6 Å². The van der Waals surface area contributed by atoms with E-state index < -0.39 is 5.41 Å². The molecule has 3 nitrogen and oxygen atoms in total. The highest BCUT2D eigenvalue weighted by Crippen LogP contribution is 2.15. The zero-order valence-corrected chi connectivity index (χ0v) is 14.6. The van der Waals surface area contributed by atoms with Crippen LogP contribution in [0.3, 0.4) is 0 Å². The van der Waals surface area contributed by atoms with Gasteiger partial charge in [0.1, 0.15) is 4.66 Å². The first-order chi connectivity index (χ1) is 10.2. The second-order valence-corrected chi connectivity index (χ2v) is 7.56. The Balaban J connectivity index is 2.62. The maximum atomic E-state index is 12.3. The molecule has 2 aromatic rings. The summed E-state index contributed by atoms with van der Waals surface area (Å²) in [6.45, 7) is 5.57. The van der Waals surface area contributed by atoms with Gasteiger partial charge in [0.25, 0.3) is 5.56 Å². The van der Waals surface area contributed by atoms with Crippen LogP contribution in [-0.2, 0) is 11.8 Å². The predicted molar refractivity (Wildman–Crippen MR) is 92.8 cm³/mol. The van der Waals surface area contributed by atoms with Gasteiger partial charge >= 0.3 is 0 Å². The van der Waals surface area contributed by atoms with Crippen LogP contribution in [0.4, 0.5) is 0 Å². The summed E-state index contributed by atoms with van der Waals surface area (Å²) in [4.78, 5) is 24.4. The first kappa shape index (κ1) is 16.7. The number of thiazole rings is 1. The number of halogens is 1. The molecule has 0 aliphatic heterocycles. The Bertz CT molecular complexity index is 885. The summed E-state index contributed by atoms with van der Waals surface area (Å²) in [6, 6.07) is 7.34. The fraction of sp³-hybridized carbons (Fsp3) is 0.294. The molecule has 0 unspecified atom stereocenters. The SMILES string of the molecule is Cn1c(=CC(=O)C(C)(C)C)sc(=Cc2ccccc2Cl)c1=O. The van der Waals surface area contributed by atoms with E-state index in [1.54, 1.807) is 19.2 Å². The summed E-state index contributed by atoms with van der Waals surface area (Å²) < 4.78 is 2.70. The molecule has 0 fully saturated rings. The quantitative estimate of drug-likeness (QED) is 0.845. The first-order valence-electron chi connectivity index (χ1n) is 6.88. The minimum absolute atomic E-state index is 0.00589. The van der Waals surface area contributed by atoms with Gasteiger partial charge in [-0.15, -0.1) is 11.3 Å². The van der Waals surface area contributed by atoms with Crippen molar-refractivity contribution in [2.24, 2.45) is 12.5 Å². The minimum Gasteiger partial charge on any atom is -0.302 e. The molecule has 0 aliphatic carbocycles. The number of rotatable bonds is 2. The molecule has 0 saturated heterocycles. The van der Waals surface area contributed by atoms with Gasteiger partial charge in [-0.2, -0.15) is 0 Å². The molecule has 1 aromatic heterocycles. The number of carbonyl (C=O) groups is 1. The van der Waals surface area contributed by atoms with Crippen LogP contribution in [-0.4, -0.2) is 10.4 Å². The van der Waals surface area contributed by atoms with Crippen LogP contribution in [0.5, 0.6) is 0 Å². The van der Waals surface area contributed by atoms with Crippen molar-refractivity contribution in [1.82, 2.24) is 4.57 Å². The maximum Gasteiger partial charge on any atom is 0.268 e. The standard InChI is InChI=1S/C17H18ClNO2S/c1-17(2,3)14(20)10-15-19(4)16(21)13(22-15)9-11-7-5-6-8-12(11)18/h5-10H,1-4H3. The van der Waals surface area contributed by atoms with E-state index >= 15 is 0 Å². The Hall–Kier alpha value is -1.65. The highest BCUT2D eigenvalue weighted by Gasteiger charge is 2.19. The number of benzene rings is 1. The number of aromatic nitrogens is 1. The topological polar surface area (TPSA) is 39.1 Å². The highest BCUT2D eigenvalue weighted by molar-refractivity contribution is 7.07. The second kappa shape index (κ2) is 6.23. The van der Waals surface area contributed by atoms with Gasteiger partial charge in [0.15, 0.2) is 5.78 Å². The molecule has 0 N–H and O–H groups in total. The molecular weight excluding hydrogens is 318 g/mol. The first-order valence-corrected chi connectivity index (χ1v) is 8.08. The molecule has 22 heavy (non-hydrogen) atoms. The molecule has 0 radical (unpaired) electrons. The fourth-order valence-electron chi connectivity index (χ4n) is 1.77. The van der Waals surface area contributed by atoms with Crippen LogP contribution >= 0.6 is 22.9 Å². The number of hydrogen-bond acceptors (Lipinski definition) is 3. The monoisotopic (exact) mass is 335 g/mol. The van der Waals surface area contributed by atoms with Gasteiger partial charge in [-0.25, -0.2) is 0 Å². The Morgan fingerprint density at radius 1 is 1.27 bits per heavy atom. The number of ketones is 1. The summed E-state index contributed by atoms with van der Waals surface area (Å²) in [6.07, 6.45) is 3.30. The van der Waals surface area contributed by atoms with Crippen molar-refractivity contribution >= 4 is 40.9 Å². The van der Waals surface area contributed by atoms with Gasteiger partial charge in [-0.3, -0.25) is 9.59 Å². The van der Waals surface area contributed by atoms with Crippen LogP contribution in [0, 0.1) is 5.41 Å². The Morgan fingerprint density at radius 3 is 2.50 bits per heavy atom. The van der Waals surface area contributed by atoms with E-state index in [9.17, 15) is 9.59 Å². The van der Waals surface area contributed by atoms with Crippen molar-refractivity contribution < 1.29 is 4.79 Å². The largest absolute Gasteiger partial charge is 0.302 e. The number of nitrogens with zero attached hydrogens (tertiary/aromatic N) is 1. The Labute approximate surface area is 138 Å². The van der Waals surface area contributed by atoms with Crippen molar-refractivity contribution in [3.05, 3.63) is 54.4 Å². The zero-order chi connectivity index (χ0) is 16.5. The Kier molecular flexibility index (Phi) is 4.73. The molecule has 2 rings (SSSR count). The van der Waals surface area contributed by atoms with Crippen LogP contribution in [0.25, 0.3) is 12.2 Å². The van der Waals surface area contributed by atoms with Gasteiger partial charge in [0.2, 0.25) is 0 Å². The minimum atomic E-state index is -0.466. The summed E-state index contributed by atoms with van der Waals surface area (Å²) in [7, 11) is 1.67. The molecule has 0 amide bonds. The van der Waals surface area contributed by atoms with E-state index in [1.165, 1.54) is 22.0 Å². The average Bonchev–Trinajstić information content (AvgIpc) is 2.69.